The number of halogens is 3. The molecule has 1 fully saturated rings. The Labute approximate surface area is 140 Å². The maximum absolute atomic E-state index is 5.88. The van der Waals surface area contributed by atoms with Crippen molar-refractivity contribution in [3.63, 3.8) is 0 Å². The summed E-state index contributed by atoms with van der Waals surface area (Å²) in [5.41, 5.74) is 1.44. The summed E-state index contributed by atoms with van der Waals surface area (Å²) in [6, 6.07) is 7.83. The monoisotopic (exact) mass is 349 g/mol. The van der Waals surface area contributed by atoms with E-state index in [0.29, 0.717) is 19.6 Å². The molecule has 1 aromatic rings. The zero-order valence-electron chi connectivity index (χ0n) is 11.8. The van der Waals surface area contributed by atoms with Gasteiger partial charge in [0.25, 0.3) is 0 Å². The summed E-state index contributed by atoms with van der Waals surface area (Å²) >= 11 is 17.7. The minimum Gasteiger partial charge on any atom is -0.396 e. The maximum Gasteiger partial charge on any atom is 0.193 e. The minimum absolute atomic E-state index is 0.332. The van der Waals surface area contributed by atoms with Crippen LogP contribution in [-0.4, -0.2) is 23.2 Å². The van der Waals surface area contributed by atoms with Gasteiger partial charge in [-0.2, -0.15) is 0 Å². The Morgan fingerprint density at radius 2 is 2.19 bits per heavy atom. The van der Waals surface area contributed by atoms with Crippen LogP contribution < -0.4 is 0 Å². The van der Waals surface area contributed by atoms with Gasteiger partial charge in [0.1, 0.15) is 12.2 Å². The molecule has 116 valence electrons. The van der Waals surface area contributed by atoms with Crippen LogP contribution in [0.5, 0.6) is 0 Å². The fourth-order valence-corrected chi connectivity index (χ4v) is 2.69. The molecule has 0 N–H and O–H groups in total. The van der Waals surface area contributed by atoms with Crippen molar-refractivity contribution >= 4 is 41.0 Å². The van der Waals surface area contributed by atoms with Crippen molar-refractivity contribution < 1.29 is 9.57 Å². The first-order chi connectivity index (χ1) is 9.95. The molecule has 3 nitrogen and oxygen atoms in total. The molecule has 0 radical (unpaired) electrons. The van der Waals surface area contributed by atoms with E-state index in [2.05, 4.69) is 12.1 Å². The van der Waals surface area contributed by atoms with Crippen molar-refractivity contribution in [2.75, 3.05) is 13.2 Å². The van der Waals surface area contributed by atoms with Gasteiger partial charge in [-0.05, 0) is 23.6 Å². The molecule has 0 saturated carbocycles. The Morgan fingerprint density at radius 1 is 1.43 bits per heavy atom. The average molecular weight is 351 g/mol. The second-order valence-corrected chi connectivity index (χ2v) is 7.64. The zero-order chi connectivity index (χ0) is 15.3. The van der Waals surface area contributed by atoms with E-state index in [-0.39, 0.29) is 0 Å². The first kappa shape index (κ1) is 16.9. The summed E-state index contributed by atoms with van der Waals surface area (Å²) in [6.45, 7) is 3.30. The molecule has 0 aliphatic carbocycles. The average Bonchev–Trinajstić information content (AvgIpc) is 3.18. The molecule has 21 heavy (non-hydrogen) atoms. The van der Waals surface area contributed by atoms with Crippen LogP contribution in [0.2, 0.25) is 0 Å². The summed E-state index contributed by atoms with van der Waals surface area (Å²) in [6.07, 6.45) is 4.10. The molecule has 2 rings (SSSR count). The quantitative estimate of drug-likeness (QED) is 0.232. The lowest BCUT2D eigenvalue weighted by molar-refractivity contribution is 0.143. The van der Waals surface area contributed by atoms with Gasteiger partial charge in [-0.25, -0.2) is 0 Å². The van der Waals surface area contributed by atoms with Gasteiger partial charge in [-0.15, -0.1) is 0 Å². The summed E-state index contributed by atoms with van der Waals surface area (Å²) in [7, 11) is 0. The first-order valence-electron chi connectivity index (χ1n) is 6.92. The van der Waals surface area contributed by atoms with E-state index in [9.17, 15) is 0 Å². The molecule has 1 aliphatic heterocycles. The largest absolute Gasteiger partial charge is 0.396 e. The van der Waals surface area contributed by atoms with Crippen LogP contribution in [0.3, 0.4) is 0 Å². The van der Waals surface area contributed by atoms with E-state index in [4.69, 9.17) is 44.4 Å². The number of oxime groups is 1. The molecule has 1 atom stereocenters. The molecule has 0 spiro atoms. The van der Waals surface area contributed by atoms with Crippen LogP contribution in [0.4, 0.5) is 0 Å². The van der Waals surface area contributed by atoms with Crippen molar-refractivity contribution in [3.8, 4) is 0 Å². The highest BCUT2D eigenvalue weighted by Crippen LogP contribution is 2.49. The van der Waals surface area contributed by atoms with Crippen molar-refractivity contribution in [2.24, 2.45) is 5.16 Å². The highest BCUT2D eigenvalue weighted by Gasteiger charge is 2.51. The Bertz CT molecular complexity index is 496. The van der Waals surface area contributed by atoms with Crippen molar-refractivity contribution in [3.05, 3.63) is 35.4 Å². The molecule has 1 aliphatic rings. The summed E-state index contributed by atoms with van der Waals surface area (Å²) in [5, 5.41) is 3.95. The van der Waals surface area contributed by atoms with Crippen LogP contribution in [0.25, 0.3) is 0 Å². The van der Waals surface area contributed by atoms with Gasteiger partial charge in [-0.1, -0.05) is 71.5 Å². The molecular weight excluding hydrogens is 333 g/mol. The predicted octanol–water partition coefficient (Wildman–Crippen LogP) is 4.82. The molecule has 1 heterocycles. The number of ether oxygens (including phenoxy) is 1. The number of nitrogens with zero attached hydrogens (tertiary/aromatic N) is 1. The third kappa shape index (κ3) is 5.33. The fourth-order valence-electron chi connectivity index (χ4n) is 2.04. The summed E-state index contributed by atoms with van der Waals surface area (Å²) < 4.78 is 4.21. The number of benzene rings is 1. The molecule has 1 unspecified atom stereocenters. The Kier molecular flexibility index (Phi) is 5.78. The number of epoxide rings is 1. The number of unbranched alkanes of at least 4 members (excludes halogenated alkanes) is 1. The minimum atomic E-state index is -1.33. The number of alkyl halides is 3. The van der Waals surface area contributed by atoms with E-state index in [0.717, 1.165) is 24.0 Å². The van der Waals surface area contributed by atoms with Gasteiger partial charge in [0.05, 0.1) is 12.8 Å². The van der Waals surface area contributed by atoms with Gasteiger partial charge in [0.15, 0.2) is 3.79 Å². The lowest BCUT2D eigenvalue weighted by atomic mass is 9.95. The number of hydrogen-bond donors (Lipinski definition) is 0. The Hall–Kier alpha value is -0.480. The van der Waals surface area contributed by atoms with Gasteiger partial charge in [0.2, 0.25) is 0 Å². The van der Waals surface area contributed by atoms with Crippen molar-refractivity contribution in [2.45, 2.75) is 35.6 Å². The van der Waals surface area contributed by atoms with E-state index in [1.165, 1.54) is 0 Å². The highest BCUT2D eigenvalue weighted by atomic mass is 35.6. The zero-order valence-corrected chi connectivity index (χ0v) is 14.1. The maximum atomic E-state index is 5.88. The van der Waals surface area contributed by atoms with E-state index in [1.54, 1.807) is 6.21 Å². The van der Waals surface area contributed by atoms with E-state index >= 15 is 0 Å². The van der Waals surface area contributed by atoms with E-state index < -0.39 is 9.39 Å². The normalized spacial score (nSPS) is 21.7. The van der Waals surface area contributed by atoms with Crippen LogP contribution in [0.15, 0.2) is 29.4 Å². The molecule has 1 saturated heterocycles. The SMILES string of the molecule is CCCCON=Cc1cccc(C2(CC(Cl)(Cl)Cl)CO2)c1. The van der Waals surface area contributed by atoms with Gasteiger partial charge >= 0.3 is 0 Å². The van der Waals surface area contributed by atoms with Gasteiger partial charge in [-0.3, -0.25) is 0 Å². The van der Waals surface area contributed by atoms with E-state index in [1.807, 2.05) is 24.3 Å². The highest BCUT2D eigenvalue weighted by molar-refractivity contribution is 6.67. The molecular formula is C15H18Cl3NO2. The molecule has 0 bridgehead atoms. The summed E-state index contributed by atoms with van der Waals surface area (Å²) in [4.78, 5) is 5.17. The Balaban J connectivity index is 2.01. The van der Waals surface area contributed by atoms with Crippen LogP contribution in [-0.2, 0) is 15.2 Å². The molecule has 1 aromatic carbocycles. The molecule has 6 heteroatoms. The Morgan fingerprint density at radius 3 is 2.81 bits per heavy atom. The van der Waals surface area contributed by atoms with Crippen LogP contribution in [0, 0.1) is 0 Å². The third-order valence-corrected chi connectivity index (χ3v) is 3.66. The fraction of sp³-hybridized carbons (Fsp3) is 0.533. The summed E-state index contributed by atoms with van der Waals surface area (Å²) in [5.74, 6) is 0. The standard InChI is InChI=1S/C15H18Cl3NO2/c1-2-3-7-21-19-9-12-5-4-6-13(8-12)14(11-20-14)10-15(16,17)18/h4-6,8-9H,2-3,7,10-11H2,1H3. The lowest BCUT2D eigenvalue weighted by Crippen LogP contribution is -2.18. The van der Waals surface area contributed by atoms with Crippen LogP contribution in [0.1, 0.15) is 37.3 Å². The molecule has 0 aromatic heterocycles. The smallest absolute Gasteiger partial charge is 0.193 e. The first-order valence-corrected chi connectivity index (χ1v) is 8.05. The number of rotatable bonds is 7. The van der Waals surface area contributed by atoms with Gasteiger partial charge in [0, 0.05) is 6.42 Å². The predicted molar refractivity (Wildman–Crippen MR) is 87.4 cm³/mol. The second kappa shape index (κ2) is 7.19. The van der Waals surface area contributed by atoms with Crippen molar-refractivity contribution in [1.29, 1.82) is 0 Å². The molecule has 0 amide bonds. The van der Waals surface area contributed by atoms with Gasteiger partial charge < -0.3 is 9.57 Å². The topological polar surface area (TPSA) is 34.1 Å². The second-order valence-electron chi connectivity index (χ2n) is 5.12. The van der Waals surface area contributed by atoms with Crippen LogP contribution >= 0.6 is 34.8 Å². The van der Waals surface area contributed by atoms with Crippen molar-refractivity contribution in [1.82, 2.24) is 0 Å². The third-order valence-electron chi connectivity index (χ3n) is 3.26. The number of hydrogen-bond acceptors (Lipinski definition) is 3. The lowest BCUT2D eigenvalue weighted by Gasteiger charge is -2.18.